The second-order valence-electron chi connectivity index (χ2n) is 5.46. The van der Waals surface area contributed by atoms with Gasteiger partial charge < -0.3 is 15.0 Å². The van der Waals surface area contributed by atoms with Crippen LogP contribution in [0.1, 0.15) is 24.0 Å². The van der Waals surface area contributed by atoms with Crippen molar-refractivity contribution in [1.29, 1.82) is 0 Å². The number of aryl methyl sites for hydroxylation is 1. The third-order valence-electron chi connectivity index (χ3n) is 3.74. The molecule has 1 aliphatic rings. The summed E-state index contributed by atoms with van der Waals surface area (Å²) in [6, 6.07) is 8.12. The molecule has 21 heavy (non-hydrogen) atoms. The minimum absolute atomic E-state index is 0.0390. The SMILES string of the molecule is COC(=O)N1CCC(NC(=O)Cc2cccc(C)c2)CC1. The summed E-state index contributed by atoms with van der Waals surface area (Å²) >= 11 is 0. The first-order chi connectivity index (χ1) is 10.1. The first-order valence-electron chi connectivity index (χ1n) is 7.26. The molecule has 1 aliphatic heterocycles. The van der Waals surface area contributed by atoms with Crippen LogP contribution in [0.25, 0.3) is 0 Å². The number of piperidine rings is 1. The molecule has 1 N–H and O–H groups in total. The molecular weight excluding hydrogens is 268 g/mol. The van der Waals surface area contributed by atoms with Crippen LogP contribution in [0, 0.1) is 6.92 Å². The highest BCUT2D eigenvalue weighted by Crippen LogP contribution is 2.12. The molecule has 2 rings (SSSR count). The molecule has 0 unspecified atom stereocenters. The number of likely N-dealkylation sites (tertiary alicyclic amines) is 1. The minimum Gasteiger partial charge on any atom is -0.453 e. The van der Waals surface area contributed by atoms with E-state index >= 15 is 0 Å². The standard InChI is InChI=1S/C16H22N2O3/c1-12-4-3-5-13(10-12)11-15(19)17-14-6-8-18(9-7-14)16(20)21-2/h3-5,10,14H,6-9,11H2,1-2H3,(H,17,19). The number of benzene rings is 1. The van der Waals surface area contributed by atoms with E-state index in [4.69, 9.17) is 4.74 Å². The average Bonchev–Trinajstić information content (AvgIpc) is 2.47. The van der Waals surface area contributed by atoms with Crippen molar-refractivity contribution in [3.05, 3.63) is 35.4 Å². The smallest absolute Gasteiger partial charge is 0.409 e. The first kappa shape index (κ1) is 15.4. The van der Waals surface area contributed by atoms with Gasteiger partial charge in [-0.05, 0) is 25.3 Å². The molecule has 0 atom stereocenters. The Morgan fingerprint density at radius 1 is 1.33 bits per heavy atom. The van der Waals surface area contributed by atoms with Crippen molar-refractivity contribution in [2.75, 3.05) is 20.2 Å². The van der Waals surface area contributed by atoms with E-state index in [0.717, 1.165) is 24.0 Å². The fourth-order valence-corrected chi connectivity index (χ4v) is 2.62. The number of carbonyl (C=O) groups is 2. The van der Waals surface area contributed by atoms with Crippen molar-refractivity contribution >= 4 is 12.0 Å². The topological polar surface area (TPSA) is 58.6 Å². The van der Waals surface area contributed by atoms with Crippen molar-refractivity contribution < 1.29 is 14.3 Å². The van der Waals surface area contributed by atoms with E-state index in [0.29, 0.717) is 19.5 Å². The molecule has 0 bridgehead atoms. The number of ether oxygens (including phenoxy) is 1. The first-order valence-corrected chi connectivity index (χ1v) is 7.26. The summed E-state index contributed by atoms with van der Waals surface area (Å²) in [7, 11) is 1.39. The molecule has 0 aromatic heterocycles. The quantitative estimate of drug-likeness (QED) is 0.924. The molecule has 5 heteroatoms. The molecule has 0 saturated carbocycles. The van der Waals surface area contributed by atoms with Crippen molar-refractivity contribution in [2.24, 2.45) is 0 Å². The number of hydrogen-bond donors (Lipinski definition) is 1. The molecule has 114 valence electrons. The number of nitrogens with zero attached hydrogens (tertiary/aromatic N) is 1. The predicted molar refractivity (Wildman–Crippen MR) is 80.0 cm³/mol. The Morgan fingerprint density at radius 3 is 2.67 bits per heavy atom. The fourth-order valence-electron chi connectivity index (χ4n) is 2.62. The Labute approximate surface area is 125 Å². The van der Waals surface area contributed by atoms with Crippen LogP contribution in [0.3, 0.4) is 0 Å². The van der Waals surface area contributed by atoms with Crippen molar-refractivity contribution in [2.45, 2.75) is 32.2 Å². The molecule has 0 spiro atoms. The zero-order valence-electron chi connectivity index (χ0n) is 12.6. The lowest BCUT2D eigenvalue weighted by Crippen LogP contribution is -2.46. The molecule has 5 nitrogen and oxygen atoms in total. The lowest BCUT2D eigenvalue weighted by molar-refractivity contribution is -0.121. The van der Waals surface area contributed by atoms with Crippen LogP contribution in [0.5, 0.6) is 0 Å². The monoisotopic (exact) mass is 290 g/mol. The van der Waals surface area contributed by atoms with Crippen LogP contribution >= 0.6 is 0 Å². The van der Waals surface area contributed by atoms with Gasteiger partial charge in [0.25, 0.3) is 0 Å². The molecule has 0 radical (unpaired) electrons. The van der Waals surface area contributed by atoms with Gasteiger partial charge in [0.1, 0.15) is 0 Å². The van der Waals surface area contributed by atoms with E-state index in [-0.39, 0.29) is 18.0 Å². The zero-order valence-corrected chi connectivity index (χ0v) is 12.6. The molecule has 2 amide bonds. The maximum Gasteiger partial charge on any atom is 0.409 e. The third-order valence-corrected chi connectivity index (χ3v) is 3.74. The van der Waals surface area contributed by atoms with Crippen molar-refractivity contribution in [3.8, 4) is 0 Å². The lowest BCUT2D eigenvalue weighted by atomic mass is 10.0. The second kappa shape index (κ2) is 7.11. The number of carbonyl (C=O) groups excluding carboxylic acids is 2. The van der Waals surface area contributed by atoms with Gasteiger partial charge in [-0.3, -0.25) is 4.79 Å². The summed E-state index contributed by atoms with van der Waals surface area (Å²) in [5.41, 5.74) is 2.19. The van der Waals surface area contributed by atoms with E-state index in [9.17, 15) is 9.59 Å². The molecule has 1 aromatic rings. The summed E-state index contributed by atoms with van der Waals surface area (Å²) in [5.74, 6) is 0.0390. The Balaban J connectivity index is 1.78. The normalized spacial score (nSPS) is 15.6. The van der Waals surface area contributed by atoms with Gasteiger partial charge in [-0.25, -0.2) is 4.79 Å². The van der Waals surface area contributed by atoms with Gasteiger partial charge in [0, 0.05) is 19.1 Å². The molecule has 1 heterocycles. The van der Waals surface area contributed by atoms with Gasteiger partial charge in [-0.2, -0.15) is 0 Å². The van der Waals surface area contributed by atoms with E-state index in [2.05, 4.69) is 5.32 Å². The highest BCUT2D eigenvalue weighted by atomic mass is 16.5. The Hall–Kier alpha value is -2.04. The highest BCUT2D eigenvalue weighted by Gasteiger charge is 2.24. The minimum atomic E-state index is -0.292. The number of rotatable bonds is 3. The predicted octanol–water partition coefficient (Wildman–Crippen LogP) is 1.88. The van der Waals surface area contributed by atoms with Crippen LogP contribution in [0.15, 0.2) is 24.3 Å². The second-order valence-corrected chi connectivity index (χ2v) is 5.46. The molecule has 1 aromatic carbocycles. The van der Waals surface area contributed by atoms with E-state index in [1.165, 1.54) is 7.11 Å². The van der Waals surface area contributed by atoms with Crippen LogP contribution < -0.4 is 5.32 Å². The number of methoxy groups -OCH3 is 1. The van der Waals surface area contributed by atoms with Crippen LogP contribution in [-0.4, -0.2) is 43.1 Å². The number of hydrogen-bond acceptors (Lipinski definition) is 3. The highest BCUT2D eigenvalue weighted by molar-refractivity contribution is 5.79. The number of nitrogens with one attached hydrogen (secondary N) is 1. The van der Waals surface area contributed by atoms with Gasteiger partial charge in [0.15, 0.2) is 0 Å². The summed E-state index contributed by atoms with van der Waals surface area (Å²) in [6.45, 7) is 3.27. The molecule has 0 aliphatic carbocycles. The van der Waals surface area contributed by atoms with E-state index in [1.54, 1.807) is 4.90 Å². The maximum atomic E-state index is 12.0. The summed E-state index contributed by atoms with van der Waals surface area (Å²) in [6.07, 6.45) is 1.65. The zero-order chi connectivity index (χ0) is 15.2. The van der Waals surface area contributed by atoms with E-state index in [1.807, 2.05) is 31.2 Å². The number of amides is 2. The van der Waals surface area contributed by atoms with E-state index < -0.39 is 0 Å². The lowest BCUT2D eigenvalue weighted by Gasteiger charge is -2.31. The third kappa shape index (κ3) is 4.48. The molecule has 1 fully saturated rings. The molecule has 1 saturated heterocycles. The Morgan fingerprint density at radius 2 is 2.05 bits per heavy atom. The molecular formula is C16H22N2O3. The van der Waals surface area contributed by atoms with Crippen LogP contribution in [0.2, 0.25) is 0 Å². The largest absolute Gasteiger partial charge is 0.453 e. The van der Waals surface area contributed by atoms with Gasteiger partial charge in [0.2, 0.25) is 5.91 Å². The van der Waals surface area contributed by atoms with Gasteiger partial charge >= 0.3 is 6.09 Å². The van der Waals surface area contributed by atoms with Crippen molar-refractivity contribution in [1.82, 2.24) is 10.2 Å². The van der Waals surface area contributed by atoms with Gasteiger partial charge in [-0.15, -0.1) is 0 Å². The van der Waals surface area contributed by atoms with Crippen LogP contribution in [0.4, 0.5) is 4.79 Å². The fraction of sp³-hybridized carbons (Fsp3) is 0.500. The van der Waals surface area contributed by atoms with Gasteiger partial charge in [-0.1, -0.05) is 29.8 Å². The van der Waals surface area contributed by atoms with Crippen LogP contribution in [-0.2, 0) is 16.0 Å². The van der Waals surface area contributed by atoms with Crippen molar-refractivity contribution in [3.63, 3.8) is 0 Å². The summed E-state index contributed by atoms with van der Waals surface area (Å²) < 4.78 is 4.70. The maximum absolute atomic E-state index is 12.0. The summed E-state index contributed by atoms with van der Waals surface area (Å²) in [5, 5.41) is 3.05. The summed E-state index contributed by atoms with van der Waals surface area (Å²) in [4.78, 5) is 25.1. The Bertz CT molecular complexity index is 508. The Kier molecular flexibility index (Phi) is 5.20. The van der Waals surface area contributed by atoms with Gasteiger partial charge in [0.05, 0.1) is 13.5 Å². The average molecular weight is 290 g/mol.